The van der Waals surface area contributed by atoms with Gasteiger partial charge >= 0.3 is 0 Å². The van der Waals surface area contributed by atoms with Gasteiger partial charge in [0.1, 0.15) is 5.82 Å². The summed E-state index contributed by atoms with van der Waals surface area (Å²) in [6.07, 6.45) is -0.146. The lowest BCUT2D eigenvalue weighted by molar-refractivity contribution is 0.100. The Balaban J connectivity index is 2.15. The number of nitrogens with one attached hydrogen (secondary N) is 2. The fraction of sp³-hybridized carbons (Fsp3) is 0.333. The minimum absolute atomic E-state index is 0.0615. The first-order valence-electron chi connectivity index (χ1n) is 9.24. The third-order valence-corrected chi connectivity index (χ3v) is 4.24. The summed E-state index contributed by atoms with van der Waals surface area (Å²) in [6, 6.07) is 13.1. The van der Waals surface area contributed by atoms with E-state index < -0.39 is 23.4 Å². The molecule has 0 fully saturated rings. The number of halogens is 2. The molecule has 0 saturated carbocycles. The summed E-state index contributed by atoms with van der Waals surface area (Å²) in [5.74, 6) is -1.12. The number of guanidine groups is 1. The van der Waals surface area contributed by atoms with Gasteiger partial charge < -0.3 is 22.1 Å². The van der Waals surface area contributed by atoms with E-state index in [4.69, 9.17) is 23.1 Å². The highest BCUT2D eigenvalue weighted by atomic mass is 35.5. The van der Waals surface area contributed by atoms with E-state index in [1.54, 1.807) is 0 Å². The van der Waals surface area contributed by atoms with Crippen LogP contribution in [0, 0.1) is 5.82 Å². The minimum Gasteiger partial charge on any atom is -0.351 e. The van der Waals surface area contributed by atoms with Crippen molar-refractivity contribution in [3.05, 3.63) is 70.5 Å². The summed E-state index contributed by atoms with van der Waals surface area (Å²) < 4.78 is 13.7. The number of hydrogen-bond acceptors (Lipinski definition) is 3. The van der Waals surface area contributed by atoms with Crippen LogP contribution in [0.5, 0.6) is 0 Å². The maximum absolute atomic E-state index is 13.7. The number of carbonyl (C=O) groups excluding carboxylic acids is 1. The van der Waals surface area contributed by atoms with Gasteiger partial charge in [-0.2, -0.15) is 4.99 Å². The lowest BCUT2D eigenvalue weighted by atomic mass is 10.0. The van der Waals surface area contributed by atoms with Crippen molar-refractivity contribution in [1.29, 1.82) is 0 Å². The van der Waals surface area contributed by atoms with Crippen molar-refractivity contribution in [3.63, 3.8) is 0 Å². The van der Waals surface area contributed by atoms with Gasteiger partial charge in [0, 0.05) is 17.1 Å². The van der Waals surface area contributed by atoms with Crippen LogP contribution in [0.25, 0.3) is 0 Å². The minimum atomic E-state index is -0.684. The van der Waals surface area contributed by atoms with Crippen molar-refractivity contribution in [1.82, 2.24) is 10.6 Å². The van der Waals surface area contributed by atoms with Crippen LogP contribution in [0.1, 0.15) is 49.2 Å². The predicted octanol–water partition coefficient (Wildman–Crippen LogP) is 3.33. The topological polar surface area (TPSA) is 106 Å². The van der Waals surface area contributed by atoms with Crippen molar-refractivity contribution in [3.8, 4) is 0 Å². The number of nitrogens with two attached hydrogens (primary N) is 2. The van der Waals surface area contributed by atoms with E-state index in [1.165, 1.54) is 12.1 Å². The molecule has 0 bridgehead atoms. The van der Waals surface area contributed by atoms with E-state index in [-0.39, 0.29) is 22.6 Å². The first kappa shape index (κ1) is 22.8. The average molecular weight is 420 g/mol. The SMILES string of the molecule is CC(C)(C)N/C(=N/C(=O)c1ccc(Cl)c(F)c1)NC(N)CC(N)c1ccccc1. The molecule has 0 heterocycles. The summed E-state index contributed by atoms with van der Waals surface area (Å²) in [6.45, 7) is 5.74. The molecule has 2 aromatic rings. The zero-order chi connectivity index (χ0) is 21.6. The maximum atomic E-state index is 13.7. The van der Waals surface area contributed by atoms with Gasteiger partial charge in [-0.05, 0) is 51.0 Å². The van der Waals surface area contributed by atoms with Crippen LogP contribution in [-0.4, -0.2) is 23.6 Å². The molecule has 2 aromatic carbocycles. The monoisotopic (exact) mass is 419 g/mol. The number of aliphatic imine (C=N–C) groups is 1. The second-order valence-corrected chi connectivity index (χ2v) is 8.18. The lowest BCUT2D eigenvalue weighted by Gasteiger charge is -2.27. The van der Waals surface area contributed by atoms with Crippen molar-refractivity contribution in [2.24, 2.45) is 16.5 Å². The molecule has 1 amide bonds. The van der Waals surface area contributed by atoms with Crippen LogP contribution >= 0.6 is 11.6 Å². The Morgan fingerprint density at radius 1 is 1.17 bits per heavy atom. The van der Waals surface area contributed by atoms with Gasteiger partial charge in [0.05, 0.1) is 11.2 Å². The zero-order valence-corrected chi connectivity index (χ0v) is 17.5. The molecule has 2 atom stereocenters. The van der Waals surface area contributed by atoms with Gasteiger partial charge in [0.15, 0.2) is 0 Å². The number of rotatable bonds is 5. The van der Waals surface area contributed by atoms with E-state index >= 15 is 0 Å². The van der Waals surface area contributed by atoms with Gasteiger partial charge in [-0.25, -0.2) is 4.39 Å². The molecule has 2 unspecified atom stereocenters. The highest BCUT2D eigenvalue weighted by molar-refractivity contribution is 6.30. The number of hydrogen-bond donors (Lipinski definition) is 4. The summed E-state index contributed by atoms with van der Waals surface area (Å²) in [5.41, 5.74) is 13.1. The average Bonchev–Trinajstić information content (AvgIpc) is 2.63. The predicted molar refractivity (Wildman–Crippen MR) is 115 cm³/mol. The Kier molecular flexibility index (Phi) is 7.73. The second kappa shape index (κ2) is 9.82. The fourth-order valence-corrected chi connectivity index (χ4v) is 2.71. The molecule has 0 aliphatic carbocycles. The molecule has 156 valence electrons. The molecule has 29 heavy (non-hydrogen) atoms. The van der Waals surface area contributed by atoms with Crippen LogP contribution < -0.4 is 22.1 Å². The molecule has 2 rings (SSSR count). The number of amides is 1. The van der Waals surface area contributed by atoms with Crippen molar-refractivity contribution < 1.29 is 9.18 Å². The van der Waals surface area contributed by atoms with E-state index in [0.29, 0.717) is 6.42 Å². The number of carbonyl (C=O) groups is 1. The highest BCUT2D eigenvalue weighted by Gasteiger charge is 2.18. The molecule has 0 aliphatic rings. The van der Waals surface area contributed by atoms with E-state index in [0.717, 1.165) is 11.6 Å². The Hall–Kier alpha value is -2.48. The van der Waals surface area contributed by atoms with Crippen molar-refractivity contribution in [2.75, 3.05) is 0 Å². The molecule has 0 aliphatic heterocycles. The molecule has 0 radical (unpaired) electrons. The quantitative estimate of drug-likeness (QED) is 0.338. The summed E-state index contributed by atoms with van der Waals surface area (Å²) in [5, 5.41) is 6.04. The van der Waals surface area contributed by atoms with Crippen molar-refractivity contribution >= 4 is 23.5 Å². The molecule has 0 aromatic heterocycles. The van der Waals surface area contributed by atoms with Gasteiger partial charge in [-0.3, -0.25) is 4.79 Å². The number of nitrogens with zero attached hydrogens (tertiary/aromatic N) is 1. The lowest BCUT2D eigenvalue weighted by Crippen LogP contribution is -2.54. The van der Waals surface area contributed by atoms with E-state index in [2.05, 4.69) is 15.6 Å². The highest BCUT2D eigenvalue weighted by Crippen LogP contribution is 2.16. The third kappa shape index (κ3) is 7.45. The van der Waals surface area contributed by atoms with Gasteiger partial charge in [-0.1, -0.05) is 41.9 Å². The van der Waals surface area contributed by atoms with Gasteiger partial charge in [0.25, 0.3) is 5.91 Å². The molecular formula is C21H27ClFN5O. The Bertz CT molecular complexity index is 867. The fourth-order valence-electron chi connectivity index (χ4n) is 2.59. The van der Waals surface area contributed by atoms with Crippen LogP contribution in [0.15, 0.2) is 53.5 Å². The second-order valence-electron chi connectivity index (χ2n) is 7.77. The van der Waals surface area contributed by atoms with Crippen LogP contribution in [-0.2, 0) is 0 Å². The van der Waals surface area contributed by atoms with E-state index in [1.807, 2.05) is 51.1 Å². The van der Waals surface area contributed by atoms with E-state index in [9.17, 15) is 9.18 Å². The largest absolute Gasteiger partial charge is 0.351 e. The Morgan fingerprint density at radius 3 is 2.41 bits per heavy atom. The molecule has 0 saturated heterocycles. The van der Waals surface area contributed by atoms with Crippen LogP contribution in [0.4, 0.5) is 4.39 Å². The molecule has 6 nitrogen and oxygen atoms in total. The maximum Gasteiger partial charge on any atom is 0.280 e. The Morgan fingerprint density at radius 2 is 1.83 bits per heavy atom. The first-order chi connectivity index (χ1) is 13.5. The summed E-state index contributed by atoms with van der Waals surface area (Å²) in [7, 11) is 0. The molecular weight excluding hydrogens is 393 g/mol. The van der Waals surface area contributed by atoms with Crippen LogP contribution in [0.2, 0.25) is 5.02 Å². The van der Waals surface area contributed by atoms with Gasteiger partial charge in [0.2, 0.25) is 5.96 Å². The Labute approximate surface area is 175 Å². The third-order valence-electron chi connectivity index (χ3n) is 3.93. The van der Waals surface area contributed by atoms with Crippen LogP contribution in [0.3, 0.4) is 0 Å². The van der Waals surface area contributed by atoms with Gasteiger partial charge in [-0.15, -0.1) is 0 Å². The molecule has 0 spiro atoms. The zero-order valence-electron chi connectivity index (χ0n) is 16.7. The first-order valence-corrected chi connectivity index (χ1v) is 9.62. The standard InChI is InChI=1S/C21H27ClFN5O/c1-21(2,3)28-20(27-19(29)14-9-10-15(22)16(23)11-14)26-18(25)12-17(24)13-7-5-4-6-8-13/h4-11,17-18H,12,24-25H2,1-3H3,(H2,26,27,28,29). The molecule has 6 N–H and O–H groups in total. The summed E-state index contributed by atoms with van der Waals surface area (Å²) in [4.78, 5) is 16.5. The van der Waals surface area contributed by atoms with Crippen molar-refractivity contribution in [2.45, 2.75) is 44.9 Å². The normalized spacial score (nSPS) is 14.2. The number of benzene rings is 2. The summed E-state index contributed by atoms with van der Waals surface area (Å²) >= 11 is 5.67. The smallest absolute Gasteiger partial charge is 0.280 e. The molecule has 8 heteroatoms.